The van der Waals surface area contributed by atoms with Crippen molar-refractivity contribution in [3.63, 3.8) is 0 Å². The zero-order chi connectivity index (χ0) is 24.2. The molecule has 2 heterocycles. The first kappa shape index (κ1) is 24.0. The number of esters is 1. The third-order valence-corrected chi connectivity index (χ3v) is 6.44. The fourth-order valence-corrected chi connectivity index (χ4v) is 4.49. The Balaban J connectivity index is 1.72. The van der Waals surface area contributed by atoms with Gasteiger partial charge in [-0.25, -0.2) is 9.48 Å². The highest BCUT2D eigenvalue weighted by Gasteiger charge is 2.35. The maximum Gasteiger partial charge on any atom is 0.338 e. The van der Waals surface area contributed by atoms with Crippen molar-refractivity contribution in [1.82, 2.24) is 14.8 Å². The van der Waals surface area contributed by atoms with Gasteiger partial charge in [-0.3, -0.25) is 0 Å². The Labute approximate surface area is 207 Å². The minimum Gasteiger partial charge on any atom is -0.493 e. The van der Waals surface area contributed by atoms with E-state index in [9.17, 15) is 4.79 Å². The molecule has 2 aromatic carbocycles. The molecule has 34 heavy (non-hydrogen) atoms. The number of carbonyl (C=O) groups excluding carboxylic acids is 1. The van der Waals surface area contributed by atoms with Crippen LogP contribution in [0.1, 0.15) is 31.0 Å². The predicted octanol–water partition coefficient (Wildman–Crippen LogP) is 5.09. The van der Waals surface area contributed by atoms with Gasteiger partial charge < -0.3 is 19.5 Å². The second-order valence-electron chi connectivity index (χ2n) is 7.44. The molecule has 0 bridgehead atoms. The minimum atomic E-state index is -0.547. The summed E-state index contributed by atoms with van der Waals surface area (Å²) >= 11 is 7.78. The number of nitrogens with one attached hydrogen (secondary N) is 1. The molecule has 1 aliphatic rings. The van der Waals surface area contributed by atoms with Crippen molar-refractivity contribution in [2.24, 2.45) is 0 Å². The number of carbonyl (C=O) groups is 1. The number of ether oxygens (including phenoxy) is 3. The molecular weight excluding hydrogens is 476 g/mol. The number of hydrogen-bond acceptors (Lipinski definition) is 8. The lowest BCUT2D eigenvalue weighted by molar-refractivity contribution is -0.136. The van der Waals surface area contributed by atoms with Gasteiger partial charge in [0.25, 0.3) is 0 Å². The van der Waals surface area contributed by atoms with Crippen LogP contribution in [-0.4, -0.2) is 40.7 Å². The number of hydrogen-bond donors (Lipinski definition) is 1. The Morgan fingerprint density at radius 3 is 2.71 bits per heavy atom. The zero-order valence-corrected chi connectivity index (χ0v) is 20.9. The normalized spacial score (nSPS) is 14.9. The number of methoxy groups -OCH3 is 2. The summed E-state index contributed by atoms with van der Waals surface area (Å²) in [6.45, 7) is 4.15. The van der Waals surface area contributed by atoms with Crippen LogP contribution < -0.4 is 14.8 Å². The fraction of sp³-hybridized carbons (Fsp3) is 0.292. The first-order valence-corrected chi connectivity index (χ1v) is 12.0. The van der Waals surface area contributed by atoms with Gasteiger partial charge in [-0.2, -0.15) is 4.98 Å². The van der Waals surface area contributed by atoms with E-state index in [4.69, 9.17) is 25.8 Å². The molecule has 0 spiro atoms. The van der Waals surface area contributed by atoms with Crippen LogP contribution in [0, 0.1) is 0 Å². The molecule has 0 aliphatic carbocycles. The number of halogens is 1. The highest BCUT2D eigenvalue weighted by atomic mass is 35.5. The fourth-order valence-electron chi connectivity index (χ4n) is 3.75. The molecule has 10 heteroatoms. The molecule has 1 N–H and O–H groups in total. The van der Waals surface area contributed by atoms with Gasteiger partial charge in [0.1, 0.15) is 12.6 Å². The SMILES string of the molecule is CCSc1nc2n(n1)C(c1ccc(OCc3ccccc3Cl)c(OC)c1)C(C(=O)OC)=C(C)N2. The standard InChI is InChI=1S/C24H25ClN4O4S/c1-5-34-24-27-23-26-14(2)20(22(30)32-4)21(29(23)28-24)15-10-11-18(19(12-15)31-3)33-13-16-8-6-7-9-17(16)25/h6-12,21H,5,13H2,1-4H3,(H,26,27,28). The van der Waals surface area contributed by atoms with Crippen LogP contribution in [0.15, 0.2) is 58.9 Å². The molecule has 0 radical (unpaired) electrons. The number of anilines is 1. The van der Waals surface area contributed by atoms with Crippen LogP contribution in [0.5, 0.6) is 11.5 Å². The van der Waals surface area contributed by atoms with Gasteiger partial charge >= 0.3 is 5.97 Å². The molecule has 0 saturated heterocycles. The van der Waals surface area contributed by atoms with E-state index in [-0.39, 0.29) is 0 Å². The molecule has 3 aromatic rings. The number of nitrogens with zero attached hydrogens (tertiary/aromatic N) is 3. The number of rotatable bonds is 8. The Hall–Kier alpha value is -3.17. The molecule has 0 amide bonds. The van der Waals surface area contributed by atoms with Crippen molar-refractivity contribution in [2.75, 3.05) is 25.3 Å². The van der Waals surface area contributed by atoms with Gasteiger partial charge in [0.15, 0.2) is 11.5 Å². The summed E-state index contributed by atoms with van der Waals surface area (Å²) in [4.78, 5) is 17.3. The van der Waals surface area contributed by atoms with E-state index < -0.39 is 12.0 Å². The van der Waals surface area contributed by atoms with Crippen molar-refractivity contribution in [3.8, 4) is 11.5 Å². The average Bonchev–Trinajstić information content (AvgIpc) is 3.24. The second kappa shape index (κ2) is 10.4. The van der Waals surface area contributed by atoms with E-state index in [1.807, 2.05) is 56.3 Å². The first-order valence-electron chi connectivity index (χ1n) is 10.7. The van der Waals surface area contributed by atoms with E-state index >= 15 is 0 Å². The molecule has 1 unspecified atom stereocenters. The number of allylic oxidation sites excluding steroid dienone is 1. The van der Waals surface area contributed by atoms with Crippen molar-refractivity contribution >= 4 is 35.3 Å². The van der Waals surface area contributed by atoms with E-state index in [1.165, 1.54) is 18.9 Å². The smallest absolute Gasteiger partial charge is 0.338 e. The average molecular weight is 501 g/mol. The molecule has 0 fully saturated rings. The van der Waals surface area contributed by atoms with Gasteiger partial charge in [-0.05, 0) is 36.4 Å². The Bertz CT molecular complexity index is 1240. The first-order chi connectivity index (χ1) is 16.5. The molecule has 1 aliphatic heterocycles. The molecule has 4 rings (SSSR count). The highest BCUT2D eigenvalue weighted by Crippen LogP contribution is 2.40. The van der Waals surface area contributed by atoms with Crippen molar-refractivity contribution in [2.45, 2.75) is 31.7 Å². The van der Waals surface area contributed by atoms with Crippen molar-refractivity contribution in [3.05, 3.63) is 69.9 Å². The molecule has 8 nitrogen and oxygen atoms in total. The summed E-state index contributed by atoms with van der Waals surface area (Å²) in [5.74, 6) is 2.02. The Morgan fingerprint density at radius 1 is 1.21 bits per heavy atom. The number of benzene rings is 2. The van der Waals surface area contributed by atoms with Gasteiger partial charge in [0.2, 0.25) is 11.1 Å². The molecule has 178 valence electrons. The van der Waals surface area contributed by atoms with E-state index in [0.717, 1.165) is 16.9 Å². The van der Waals surface area contributed by atoms with Crippen LogP contribution in [-0.2, 0) is 16.1 Å². The summed E-state index contributed by atoms with van der Waals surface area (Å²) in [6, 6.07) is 12.5. The predicted molar refractivity (Wildman–Crippen MR) is 132 cm³/mol. The van der Waals surface area contributed by atoms with E-state index in [1.54, 1.807) is 11.8 Å². The summed E-state index contributed by atoms with van der Waals surface area (Å²) in [6.07, 6.45) is 0. The molecule has 0 saturated carbocycles. The van der Waals surface area contributed by atoms with Gasteiger partial charge in [0, 0.05) is 16.3 Å². The summed E-state index contributed by atoms with van der Waals surface area (Å²) in [5.41, 5.74) is 2.75. The van der Waals surface area contributed by atoms with Gasteiger partial charge in [-0.15, -0.1) is 5.10 Å². The van der Waals surface area contributed by atoms with Crippen LogP contribution in [0.4, 0.5) is 5.95 Å². The third kappa shape index (κ3) is 4.71. The van der Waals surface area contributed by atoms with Gasteiger partial charge in [0.05, 0.1) is 19.8 Å². The van der Waals surface area contributed by atoms with Crippen LogP contribution in [0.3, 0.4) is 0 Å². The number of thioether (sulfide) groups is 1. The van der Waals surface area contributed by atoms with Crippen molar-refractivity contribution < 1.29 is 19.0 Å². The molecule has 1 aromatic heterocycles. The van der Waals surface area contributed by atoms with Crippen molar-refractivity contribution in [1.29, 1.82) is 0 Å². The second-order valence-corrected chi connectivity index (χ2v) is 9.08. The maximum absolute atomic E-state index is 12.8. The number of fused-ring (bicyclic) bond motifs is 1. The minimum absolute atomic E-state index is 0.292. The third-order valence-electron chi connectivity index (χ3n) is 5.36. The maximum atomic E-state index is 12.8. The lowest BCUT2D eigenvalue weighted by Gasteiger charge is -2.28. The van der Waals surface area contributed by atoms with Crippen LogP contribution in [0.25, 0.3) is 0 Å². The topological polar surface area (TPSA) is 87.5 Å². The quantitative estimate of drug-likeness (QED) is 0.338. The van der Waals surface area contributed by atoms with Crippen LogP contribution >= 0.6 is 23.4 Å². The lowest BCUT2D eigenvalue weighted by Crippen LogP contribution is -2.29. The largest absolute Gasteiger partial charge is 0.493 e. The summed E-state index contributed by atoms with van der Waals surface area (Å²) < 4.78 is 18.4. The molecular formula is C24H25ClN4O4S. The lowest BCUT2D eigenvalue weighted by atomic mass is 9.95. The number of aromatic nitrogens is 3. The molecule has 1 atom stereocenters. The van der Waals surface area contributed by atoms with Crippen LogP contribution in [0.2, 0.25) is 5.02 Å². The zero-order valence-electron chi connectivity index (χ0n) is 19.3. The summed E-state index contributed by atoms with van der Waals surface area (Å²) in [7, 11) is 2.93. The van der Waals surface area contributed by atoms with E-state index in [0.29, 0.717) is 45.5 Å². The highest BCUT2D eigenvalue weighted by molar-refractivity contribution is 7.99. The summed E-state index contributed by atoms with van der Waals surface area (Å²) in [5, 5.41) is 9.07. The monoisotopic (exact) mass is 500 g/mol. The Kier molecular flexibility index (Phi) is 7.33. The Morgan fingerprint density at radius 2 is 2.00 bits per heavy atom. The van der Waals surface area contributed by atoms with E-state index in [2.05, 4.69) is 15.4 Å². The van der Waals surface area contributed by atoms with Gasteiger partial charge in [-0.1, -0.05) is 54.6 Å².